The van der Waals surface area contributed by atoms with E-state index >= 15 is 0 Å². The van der Waals surface area contributed by atoms with E-state index in [0.29, 0.717) is 12.3 Å². The van der Waals surface area contributed by atoms with Crippen molar-refractivity contribution in [3.63, 3.8) is 0 Å². The average molecular weight is 252 g/mol. The standard InChI is InChI=1S/C13H20N2O3/c1-4-11(5-2)18-13-8-10(9-14-3)6-7-12(13)15(16)17/h6-8,11,14H,4-5,9H2,1-3H3. The third-order valence-electron chi connectivity index (χ3n) is 2.81. The van der Waals surface area contributed by atoms with Gasteiger partial charge in [0.05, 0.1) is 11.0 Å². The van der Waals surface area contributed by atoms with E-state index in [1.807, 2.05) is 20.9 Å². The predicted molar refractivity (Wildman–Crippen MR) is 70.9 cm³/mol. The van der Waals surface area contributed by atoms with Crippen LogP contribution in [-0.4, -0.2) is 18.1 Å². The first kappa shape index (κ1) is 14.4. The fraction of sp³-hybridized carbons (Fsp3) is 0.538. The third-order valence-corrected chi connectivity index (χ3v) is 2.81. The van der Waals surface area contributed by atoms with E-state index < -0.39 is 4.92 Å². The van der Waals surface area contributed by atoms with E-state index in [0.717, 1.165) is 18.4 Å². The second-order valence-corrected chi connectivity index (χ2v) is 4.15. The van der Waals surface area contributed by atoms with Gasteiger partial charge < -0.3 is 10.1 Å². The molecule has 0 heterocycles. The molecule has 0 aliphatic heterocycles. The first-order chi connectivity index (χ1) is 8.62. The number of nitrogens with one attached hydrogen (secondary N) is 1. The molecule has 1 aromatic rings. The van der Waals surface area contributed by atoms with E-state index in [4.69, 9.17) is 4.74 Å². The zero-order valence-corrected chi connectivity index (χ0v) is 11.1. The van der Waals surface area contributed by atoms with E-state index in [9.17, 15) is 10.1 Å². The van der Waals surface area contributed by atoms with Gasteiger partial charge in [-0.1, -0.05) is 19.9 Å². The number of ether oxygens (including phenoxy) is 1. The lowest BCUT2D eigenvalue weighted by molar-refractivity contribution is -0.386. The lowest BCUT2D eigenvalue weighted by Crippen LogP contribution is -2.15. The molecule has 1 N–H and O–H groups in total. The number of nitro groups is 1. The summed E-state index contributed by atoms with van der Waals surface area (Å²) >= 11 is 0. The van der Waals surface area contributed by atoms with Gasteiger partial charge >= 0.3 is 5.69 Å². The molecule has 1 aromatic carbocycles. The monoisotopic (exact) mass is 252 g/mol. The summed E-state index contributed by atoms with van der Waals surface area (Å²) in [6.45, 7) is 4.69. The van der Waals surface area contributed by atoms with Gasteiger partial charge in [-0.15, -0.1) is 0 Å². The van der Waals surface area contributed by atoms with E-state index in [1.165, 1.54) is 6.07 Å². The van der Waals surface area contributed by atoms with Gasteiger partial charge in [0, 0.05) is 12.6 Å². The Morgan fingerprint density at radius 2 is 2.06 bits per heavy atom. The molecule has 0 amide bonds. The predicted octanol–water partition coefficient (Wildman–Crippen LogP) is 2.88. The summed E-state index contributed by atoms with van der Waals surface area (Å²) in [5.74, 6) is 0.362. The molecule has 5 heteroatoms. The molecule has 0 fully saturated rings. The lowest BCUT2D eigenvalue weighted by Gasteiger charge is -2.16. The maximum Gasteiger partial charge on any atom is 0.310 e. The molecule has 0 saturated heterocycles. The molecule has 0 aromatic heterocycles. The molecular formula is C13H20N2O3. The Labute approximate surface area is 107 Å². The SMILES string of the molecule is CCC(CC)Oc1cc(CNC)ccc1[N+](=O)[O-]. The van der Waals surface area contributed by atoms with Crippen LogP contribution in [0.2, 0.25) is 0 Å². The van der Waals surface area contributed by atoms with Crippen molar-refractivity contribution in [1.82, 2.24) is 5.32 Å². The average Bonchev–Trinajstić information content (AvgIpc) is 2.36. The van der Waals surface area contributed by atoms with Gasteiger partial charge in [-0.2, -0.15) is 0 Å². The van der Waals surface area contributed by atoms with Crippen molar-refractivity contribution in [2.45, 2.75) is 39.3 Å². The highest BCUT2D eigenvalue weighted by Crippen LogP contribution is 2.29. The van der Waals surface area contributed by atoms with Crippen LogP contribution >= 0.6 is 0 Å². The quantitative estimate of drug-likeness (QED) is 0.598. The zero-order valence-electron chi connectivity index (χ0n) is 11.1. The minimum absolute atomic E-state index is 0.0218. The first-order valence-corrected chi connectivity index (χ1v) is 6.20. The highest BCUT2D eigenvalue weighted by molar-refractivity contribution is 5.48. The van der Waals surface area contributed by atoms with Crippen molar-refractivity contribution in [3.05, 3.63) is 33.9 Å². The Bertz CT molecular complexity index is 403. The van der Waals surface area contributed by atoms with E-state index in [1.54, 1.807) is 12.1 Å². The van der Waals surface area contributed by atoms with Crippen LogP contribution in [0.3, 0.4) is 0 Å². The largest absolute Gasteiger partial charge is 0.484 e. The molecular weight excluding hydrogens is 232 g/mol. The van der Waals surface area contributed by atoms with Crippen LogP contribution in [0.1, 0.15) is 32.3 Å². The van der Waals surface area contributed by atoms with Crippen LogP contribution in [0.4, 0.5) is 5.69 Å². The number of nitrogens with zero attached hydrogens (tertiary/aromatic N) is 1. The maximum absolute atomic E-state index is 11.0. The molecule has 0 radical (unpaired) electrons. The van der Waals surface area contributed by atoms with Crippen molar-refractivity contribution in [1.29, 1.82) is 0 Å². The highest BCUT2D eigenvalue weighted by Gasteiger charge is 2.18. The molecule has 0 spiro atoms. The number of rotatable bonds is 7. The minimum Gasteiger partial charge on any atom is -0.484 e. The number of hydrogen-bond donors (Lipinski definition) is 1. The normalized spacial score (nSPS) is 10.7. The molecule has 0 unspecified atom stereocenters. The topological polar surface area (TPSA) is 64.4 Å². The van der Waals surface area contributed by atoms with E-state index in [2.05, 4.69) is 5.32 Å². The Kier molecular flexibility index (Phi) is 5.58. The molecule has 0 aliphatic rings. The Hall–Kier alpha value is -1.62. The summed E-state index contributed by atoms with van der Waals surface area (Å²) in [6.07, 6.45) is 1.70. The minimum atomic E-state index is -0.402. The van der Waals surface area contributed by atoms with E-state index in [-0.39, 0.29) is 11.8 Å². The van der Waals surface area contributed by atoms with Gasteiger partial charge in [0.1, 0.15) is 0 Å². The molecule has 100 valence electrons. The van der Waals surface area contributed by atoms with Crippen LogP contribution < -0.4 is 10.1 Å². The van der Waals surface area contributed by atoms with Crippen molar-refractivity contribution in [2.24, 2.45) is 0 Å². The molecule has 0 atom stereocenters. The summed E-state index contributed by atoms with van der Waals surface area (Å²) < 4.78 is 5.72. The number of benzene rings is 1. The highest BCUT2D eigenvalue weighted by atomic mass is 16.6. The Morgan fingerprint density at radius 3 is 2.56 bits per heavy atom. The molecule has 0 saturated carbocycles. The summed E-state index contributed by atoms with van der Waals surface area (Å²) in [5, 5.41) is 14.0. The third kappa shape index (κ3) is 3.70. The summed E-state index contributed by atoms with van der Waals surface area (Å²) in [7, 11) is 1.84. The zero-order chi connectivity index (χ0) is 13.5. The van der Waals surface area contributed by atoms with Gasteiger partial charge in [0.2, 0.25) is 0 Å². The van der Waals surface area contributed by atoms with Gasteiger partial charge in [0.15, 0.2) is 5.75 Å². The molecule has 1 rings (SSSR count). The molecule has 18 heavy (non-hydrogen) atoms. The molecule has 5 nitrogen and oxygen atoms in total. The molecule has 0 aliphatic carbocycles. The lowest BCUT2D eigenvalue weighted by atomic mass is 10.1. The Morgan fingerprint density at radius 1 is 1.39 bits per heavy atom. The first-order valence-electron chi connectivity index (χ1n) is 6.20. The van der Waals surface area contributed by atoms with Gasteiger partial charge in [-0.25, -0.2) is 0 Å². The van der Waals surface area contributed by atoms with Crippen molar-refractivity contribution < 1.29 is 9.66 Å². The van der Waals surface area contributed by atoms with Crippen molar-refractivity contribution in [3.8, 4) is 5.75 Å². The fourth-order valence-corrected chi connectivity index (χ4v) is 1.75. The van der Waals surface area contributed by atoms with Crippen molar-refractivity contribution >= 4 is 5.69 Å². The molecule has 0 bridgehead atoms. The van der Waals surface area contributed by atoms with Crippen LogP contribution in [0.15, 0.2) is 18.2 Å². The maximum atomic E-state index is 11.0. The fourth-order valence-electron chi connectivity index (χ4n) is 1.75. The Balaban J connectivity index is 3.02. The number of nitro benzene ring substituents is 1. The number of hydrogen-bond acceptors (Lipinski definition) is 4. The van der Waals surface area contributed by atoms with Gasteiger partial charge in [-0.3, -0.25) is 10.1 Å². The van der Waals surface area contributed by atoms with Crippen LogP contribution in [-0.2, 0) is 6.54 Å². The smallest absolute Gasteiger partial charge is 0.310 e. The second-order valence-electron chi connectivity index (χ2n) is 4.15. The van der Waals surface area contributed by atoms with Crippen molar-refractivity contribution in [2.75, 3.05) is 7.05 Å². The summed E-state index contributed by atoms with van der Waals surface area (Å²) in [6, 6.07) is 4.99. The van der Waals surface area contributed by atoms with Crippen LogP contribution in [0.5, 0.6) is 5.75 Å². The van der Waals surface area contributed by atoms with Crippen LogP contribution in [0, 0.1) is 10.1 Å². The van der Waals surface area contributed by atoms with Crippen LogP contribution in [0.25, 0.3) is 0 Å². The summed E-state index contributed by atoms with van der Waals surface area (Å²) in [4.78, 5) is 10.6. The second kappa shape index (κ2) is 6.96. The van der Waals surface area contributed by atoms with Gasteiger partial charge in [-0.05, 0) is 31.5 Å². The summed E-state index contributed by atoms with van der Waals surface area (Å²) in [5.41, 5.74) is 1.01. The van der Waals surface area contributed by atoms with Gasteiger partial charge in [0.25, 0.3) is 0 Å².